The molecule has 0 fully saturated rings. The molecule has 1 atom stereocenters. The van der Waals surface area contributed by atoms with Gasteiger partial charge in [-0.15, -0.1) is 0 Å². The van der Waals surface area contributed by atoms with Crippen LogP contribution in [0.2, 0.25) is 0 Å². The topological polar surface area (TPSA) is 77.8 Å². The van der Waals surface area contributed by atoms with Crippen LogP contribution in [0.5, 0.6) is 5.75 Å². The molecule has 4 nitrogen and oxygen atoms in total. The molecule has 0 aliphatic carbocycles. The zero-order chi connectivity index (χ0) is 11.7. The molecule has 0 aliphatic heterocycles. The summed E-state index contributed by atoms with van der Waals surface area (Å²) < 4.78 is 0.679. The number of carbonyl (C=O) groups is 1. The van der Waals surface area contributed by atoms with Gasteiger partial charge in [-0.1, -0.05) is 15.9 Å². The normalized spacial score (nSPS) is 12.5. The number of aliphatic carboxylic acids is 1. The van der Waals surface area contributed by atoms with Gasteiger partial charge < -0.3 is 15.3 Å². The molecule has 1 aromatic rings. The molecule has 0 bridgehead atoms. The number of halogens is 1. The number of benzene rings is 1. The van der Waals surface area contributed by atoms with Crippen LogP contribution in [0.15, 0.2) is 10.5 Å². The molecule has 1 aromatic carbocycles. The van der Waals surface area contributed by atoms with Gasteiger partial charge in [0.2, 0.25) is 0 Å². The standard InChI is InChI=1S/C10H11BrO4/c1-4-3-6(11)5(2)8(12)7(4)9(13)10(14)15/h3,9,12-13H,1-2H3,(H,14,15). The fourth-order valence-corrected chi connectivity index (χ4v) is 1.88. The number of rotatable bonds is 2. The van der Waals surface area contributed by atoms with Crippen molar-refractivity contribution in [3.8, 4) is 5.75 Å². The lowest BCUT2D eigenvalue weighted by atomic mass is 9.99. The molecule has 1 rings (SSSR count). The Labute approximate surface area is 95.3 Å². The summed E-state index contributed by atoms with van der Waals surface area (Å²) in [4.78, 5) is 10.6. The van der Waals surface area contributed by atoms with Gasteiger partial charge in [0.25, 0.3) is 0 Å². The molecule has 1 unspecified atom stereocenters. The number of hydrogen-bond acceptors (Lipinski definition) is 3. The first-order valence-electron chi connectivity index (χ1n) is 4.25. The molecule has 3 N–H and O–H groups in total. The number of carboxylic acids is 1. The molecule has 0 aliphatic rings. The van der Waals surface area contributed by atoms with E-state index in [9.17, 15) is 15.0 Å². The highest BCUT2D eigenvalue weighted by atomic mass is 79.9. The monoisotopic (exact) mass is 274 g/mol. The summed E-state index contributed by atoms with van der Waals surface area (Å²) in [6.45, 7) is 3.27. The van der Waals surface area contributed by atoms with Crippen molar-refractivity contribution in [2.45, 2.75) is 20.0 Å². The van der Waals surface area contributed by atoms with Crippen molar-refractivity contribution in [3.05, 3.63) is 27.2 Å². The van der Waals surface area contributed by atoms with Crippen molar-refractivity contribution < 1.29 is 20.1 Å². The largest absolute Gasteiger partial charge is 0.507 e. The first-order valence-corrected chi connectivity index (χ1v) is 5.05. The lowest BCUT2D eigenvalue weighted by molar-refractivity contribution is -0.147. The molecular weight excluding hydrogens is 264 g/mol. The molecule has 0 aromatic heterocycles. The van der Waals surface area contributed by atoms with Crippen LogP contribution in [0.3, 0.4) is 0 Å². The Morgan fingerprint density at radius 3 is 2.47 bits per heavy atom. The van der Waals surface area contributed by atoms with E-state index < -0.39 is 12.1 Å². The van der Waals surface area contributed by atoms with Gasteiger partial charge in [-0.3, -0.25) is 0 Å². The van der Waals surface area contributed by atoms with Gasteiger partial charge in [0.15, 0.2) is 6.10 Å². The molecule has 0 amide bonds. The highest BCUT2D eigenvalue weighted by molar-refractivity contribution is 9.10. The summed E-state index contributed by atoms with van der Waals surface area (Å²) in [7, 11) is 0. The first-order chi connectivity index (χ1) is 6.86. The molecule has 0 radical (unpaired) electrons. The van der Waals surface area contributed by atoms with E-state index in [1.807, 2.05) is 0 Å². The van der Waals surface area contributed by atoms with Crippen LogP contribution in [0, 0.1) is 13.8 Å². The number of hydrogen-bond donors (Lipinski definition) is 3. The number of aryl methyl sites for hydroxylation is 1. The predicted octanol–water partition coefficient (Wildman–Crippen LogP) is 1.89. The number of carboxylic acid groups (broad SMARTS) is 1. The van der Waals surface area contributed by atoms with Crippen LogP contribution in [-0.2, 0) is 4.79 Å². The Morgan fingerprint density at radius 2 is 2.00 bits per heavy atom. The quantitative estimate of drug-likeness (QED) is 0.770. The molecule has 15 heavy (non-hydrogen) atoms. The van der Waals surface area contributed by atoms with Crippen LogP contribution in [0.4, 0.5) is 0 Å². The third-order valence-corrected chi connectivity index (χ3v) is 3.07. The Morgan fingerprint density at radius 1 is 1.47 bits per heavy atom. The van der Waals surface area contributed by atoms with Crippen molar-refractivity contribution >= 4 is 21.9 Å². The number of aliphatic hydroxyl groups excluding tert-OH is 1. The Hall–Kier alpha value is -1.07. The second-order valence-electron chi connectivity index (χ2n) is 3.30. The molecule has 0 heterocycles. The van der Waals surface area contributed by atoms with E-state index in [2.05, 4.69) is 15.9 Å². The van der Waals surface area contributed by atoms with Gasteiger partial charge in [0, 0.05) is 15.6 Å². The van der Waals surface area contributed by atoms with Gasteiger partial charge in [-0.05, 0) is 25.5 Å². The summed E-state index contributed by atoms with van der Waals surface area (Å²) in [5, 5.41) is 27.8. The van der Waals surface area contributed by atoms with Gasteiger partial charge in [0.1, 0.15) is 5.75 Å². The SMILES string of the molecule is Cc1cc(Br)c(C)c(O)c1C(O)C(=O)O. The van der Waals surface area contributed by atoms with Crippen molar-refractivity contribution in [1.29, 1.82) is 0 Å². The summed E-state index contributed by atoms with van der Waals surface area (Å²) in [5.41, 5.74) is 1.08. The lowest BCUT2D eigenvalue weighted by Crippen LogP contribution is -2.12. The maximum absolute atomic E-state index is 10.6. The minimum absolute atomic E-state index is 0.0446. The third-order valence-electron chi connectivity index (χ3n) is 2.24. The summed E-state index contributed by atoms with van der Waals surface area (Å²) >= 11 is 3.23. The number of aliphatic hydroxyl groups is 1. The number of phenols is 1. The van der Waals surface area contributed by atoms with E-state index in [0.717, 1.165) is 0 Å². The zero-order valence-electron chi connectivity index (χ0n) is 8.28. The summed E-state index contributed by atoms with van der Waals surface area (Å²) in [6.07, 6.45) is -1.70. The highest BCUT2D eigenvalue weighted by Crippen LogP contribution is 2.35. The van der Waals surface area contributed by atoms with Gasteiger partial charge in [-0.2, -0.15) is 0 Å². The van der Waals surface area contributed by atoms with Gasteiger partial charge in [0.05, 0.1) is 0 Å². The molecule has 82 valence electrons. The van der Waals surface area contributed by atoms with Crippen LogP contribution in [-0.4, -0.2) is 21.3 Å². The average molecular weight is 275 g/mol. The van der Waals surface area contributed by atoms with E-state index in [0.29, 0.717) is 15.6 Å². The highest BCUT2D eigenvalue weighted by Gasteiger charge is 2.23. The maximum atomic E-state index is 10.6. The Kier molecular flexibility index (Phi) is 3.36. The molecule has 0 saturated carbocycles. The fourth-order valence-electron chi connectivity index (χ4n) is 1.35. The van der Waals surface area contributed by atoms with Crippen molar-refractivity contribution in [3.63, 3.8) is 0 Å². The summed E-state index contributed by atoms with van der Waals surface area (Å²) in [6, 6.07) is 1.66. The van der Waals surface area contributed by atoms with Crippen molar-refractivity contribution in [1.82, 2.24) is 0 Å². The van der Waals surface area contributed by atoms with Crippen molar-refractivity contribution in [2.75, 3.05) is 0 Å². The molecule has 0 spiro atoms. The van der Waals surface area contributed by atoms with Crippen LogP contribution < -0.4 is 0 Å². The van der Waals surface area contributed by atoms with Crippen molar-refractivity contribution in [2.24, 2.45) is 0 Å². The van der Waals surface area contributed by atoms with Gasteiger partial charge in [-0.25, -0.2) is 4.79 Å². The first kappa shape index (κ1) is 12.0. The Bertz CT molecular complexity index is 414. The van der Waals surface area contributed by atoms with Crippen LogP contribution >= 0.6 is 15.9 Å². The Balaban J connectivity index is 3.42. The van der Waals surface area contributed by atoms with Crippen LogP contribution in [0.25, 0.3) is 0 Å². The maximum Gasteiger partial charge on any atom is 0.337 e. The van der Waals surface area contributed by atoms with E-state index in [4.69, 9.17) is 5.11 Å². The number of aromatic hydroxyl groups is 1. The third kappa shape index (κ3) is 2.13. The lowest BCUT2D eigenvalue weighted by Gasteiger charge is -2.14. The molecular formula is C10H11BrO4. The average Bonchev–Trinajstić information content (AvgIpc) is 2.14. The van der Waals surface area contributed by atoms with E-state index in [-0.39, 0.29) is 11.3 Å². The number of phenolic OH excluding ortho intramolecular Hbond substituents is 1. The molecule has 5 heteroatoms. The fraction of sp³-hybridized carbons (Fsp3) is 0.300. The van der Waals surface area contributed by atoms with E-state index >= 15 is 0 Å². The van der Waals surface area contributed by atoms with Gasteiger partial charge >= 0.3 is 5.97 Å². The van der Waals surface area contributed by atoms with E-state index in [1.165, 1.54) is 0 Å². The predicted molar refractivity (Wildman–Crippen MR) is 57.9 cm³/mol. The van der Waals surface area contributed by atoms with E-state index in [1.54, 1.807) is 19.9 Å². The zero-order valence-corrected chi connectivity index (χ0v) is 9.87. The molecule has 0 saturated heterocycles. The summed E-state index contributed by atoms with van der Waals surface area (Å²) in [5.74, 6) is -1.56. The van der Waals surface area contributed by atoms with Crippen LogP contribution in [0.1, 0.15) is 22.8 Å². The smallest absolute Gasteiger partial charge is 0.337 e. The minimum Gasteiger partial charge on any atom is -0.507 e. The second-order valence-corrected chi connectivity index (χ2v) is 4.16. The second kappa shape index (κ2) is 4.20. The minimum atomic E-state index is -1.70.